The van der Waals surface area contributed by atoms with E-state index in [1.165, 1.54) is 0 Å². The molecule has 1 aromatic rings. The van der Waals surface area contributed by atoms with Gasteiger partial charge in [-0.1, -0.05) is 38.1 Å². The highest BCUT2D eigenvalue weighted by molar-refractivity contribution is 5.89. The molecule has 0 aliphatic carbocycles. The van der Waals surface area contributed by atoms with Gasteiger partial charge in [0.15, 0.2) is 0 Å². The number of hydrogen-bond donors (Lipinski definition) is 1. The van der Waals surface area contributed by atoms with Gasteiger partial charge in [0.05, 0.1) is 0 Å². The van der Waals surface area contributed by atoms with Crippen molar-refractivity contribution in [2.24, 2.45) is 5.92 Å². The van der Waals surface area contributed by atoms with Crippen molar-refractivity contribution in [1.82, 2.24) is 10.2 Å². The molecule has 0 spiro atoms. The summed E-state index contributed by atoms with van der Waals surface area (Å²) in [5.41, 5.74) is 2.30. The van der Waals surface area contributed by atoms with Gasteiger partial charge in [0.1, 0.15) is 6.04 Å². The molecule has 2 amide bonds. The molecular formula is C20H30N2O3. The predicted molar refractivity (Wildman–Crippen MR) is 98.1 cm³/mol. The van der Waals surface area contributed by atoms with E-state index in [1.807, 2.05) is 39.0 Å². The van der Waals surface area contributed by atoms with Crippen LogP contribution in [0.4, 0.5) is 0 Å². The fraction of sp³-hybridized carbons (Fsp3) is 0.600. The summed E-state index contributed by atoms with van der Waals surface area (Å²) in [4.78, 5) is 27.3. The second kappa shape index (κ2) is 9.56. The van der Waals surface area contributed by atoms with Crippen LogP contribution < -0.4 is 5.32 Å². The first-order chi connectivity index (χ1) is 12.1. The van der Waals surface area contributed by atoms with E-state index in [1.54, 1.807) is 4.90 Å². The molecular weight excluding hydrogens is 316 g/mol. The fourth-order valence-electron chi connectivity index (χ4n) is 3.09. The average molecular weight is 346 g/mol. The smallest absolute Gasteiger partial charge is 0.243 e. The van der Waals surface area contributed by atoms with E-state index in [0.717, 1.165) is 24.0 Å². The Bertz CT molecular complexity index is 588. The van der Waals surface area contributed by atoms with Gasteiger partial charge < -0.3 is 15.0 Å². The third-order valence-electron chi connectivity index (χ3n) is 4.84. The molecule has 2 atom stereocenters. The molecule has 5 heteroatoms. The Morgan fingerprint density at radius 1 is 1.28 bits per heavy atom. The zero-order chi connectivity index (χ0) is 18.2. The van der Waals surface area contributed by atoms with Crippen molar-refractivity contribution in [3.8, 4) is 0 Å². The molecule has 2 rings (SSSR count). The average Bonchev–Trinajstić information content (AvgIpc) is 2.65. The minimum absolute atomic E-state index is 0.0615. The van der Waals surface area contributed by atoms with Gasteiger partial charge in [-0.05, 0) is 30.9 Å². The number of nitrogens with zero attached hydrogens (tertiary/aromatic N) is 1. The monoisotopic (exact) mass is 346 g/mol. The van der Waals surface area contributed by atoms with Crippen LogP contribution >= 0.6 is 0 Å². The van der Waals surface area contributed by atoms with Gasteiger partial charge in [0.2, 0.25) is 11.8 Å². The Morgan fingerprint density at radius 3 is 2.68 bits per heavy atom. The van der Waals surface area contributed by atoms with Crippen molar-refractivity contribution in [3.63, 3.8) is 0 Å². The summed E-state index contributed by atoms with van der Waals surface area (Å²) in [5.74, 6) is -0.0763. The van der Waals surface area contributed by atoms with Gasteiger partial charge in [-0.3, -0.25) is 9.59 Å². The van der Waals surface area contributed by atoms with E-state index in [2.05, 4.69) is 11.4 Å². The van der Waals surface area contributed by atoms with Crippen LogP contribution in [-0.4, -0.2) is 42.5 Å². The Hall–Kier alpha value is -1.88. The van der Waals surface area contributed by atoms with Gasteiger partial charge in [-0.15, -0.1) is 0 Å². The normalized spacial score (nSPS) is 17.7. The first-order valence-electron chi connectivity index (χ1n) is 9.31. The van der Waals surface area contributed by atoms with Crippen LogP contribution in [0.1, 0.15) is 44.7 Å². The summed E-state index contributed by atoms with van der Waals surface area (Å²) in [6.07, 6.45) is 2.14. The molecule has 25 heavy (non-hydrogen) atoms. The maximum absolute atomic E-state index is 12.8. The number of rotatable bonds is 8. The molecule has 0 unspecified atom stereocenters. The van der Waals surface area contributed by atoms with Gasteiger partial charge >= 0.3 is 0 Å². The molecule has 0 aromatic heterocycles. The molecule has 0 saturated carbocycles. The lowest BCUT2D eigenvalue weighted by Gasteiger charge is -2.37. The standard InChI is InChI=1S/C20H30N2O3/c1-4-15(3)20(24)22-14-17-10-7-6-9-16(17)13-18(22)19(23)21-11-8-12-25-5-2/h6-7,9-10,15,18H,4-5,8,11-14H2,1-3H3,(H,21,23)/t15-,18+/m0/s1. The summed E-state index contributed by atoms with van der Waals surface area (Å²) in [6.45, 7) is 8.29. The molecule has 0 saturated heterocycles. The first kappa shape index (κ1) is 19.4. The number of ether oxygens (including phenoxy) is 1. The van der Waals surface area contributed by atoms with Crippen LogP contribution in [0.25, 0.3) is 0 Å². The van der Waals surface area contributed by atoms with Crippen molar-refractivity contribution in [3.05, 3.63) is 35.4 Å². The summed E-state index contributed by atoms with van der Waals surface area (Å²) >= 11 is 0. The molecule has 0 radical (unpaired) electrons. The molecule has 0 fully saturated rings. The fourth-order valence-corrected chi connectivity index (χ4v) is 3.09. The predicted octanol–water partition coefficient (Wildman–Crippen LogP) is 2.53. The number of carbonyl (C=O) groups is 2. The first-order valence-corrected chi connectivity index (χ1v) is 9.31. The minimum Gasteiger partial charge on any atom is -0.382 e. The van der Waals surface area contributed by atoms with Crippen molar-refractivity contribution in [2.75, 3.05) is 19.8 Å². The zero-order valence-corrected chi connectivity index (χ0v) is 15.6. The largest absolute Gasteiger partial charge is 0.382 e. The van der Waals surface area contributed by atoms with Crippen molar-refractivity contribution in [1.29, 1.82) is 0 Å². The summed E-state index contributed by atoms with van der Waals surface area (Å²) in [7, 11) is 0. The number of carbonyl (C=O) groups excluding carboxylic acids is 2. The molecule has 1 aliphatic rings. The van der Waals surface area contributed by atoms with E-state index in [9.17, 15) is 9.59 Å². The number of nitrogens with one attached hydrogen (secondary N) is 1. The topological polar surface area (TPSA) is 58.6 Å². The van der Waals surface area contributed by atoms with E-state index in [0.29, 0.717) is 32.7 Å². The Morgan fingerprint density at radius 2 is 2.00 bits per heavy atom. The van der Waals surface area contributed by atoms with E-state index in [4.69, 9.17) is 4.74 Å². The zero-order valence-electron chi connectivity index (χ0n) is 15.6. The maximum atomic E-state index is 12.8. The molecule has 0 bridgehead atoms. The van der Waals surface area contributed by atoms with Gasteiger partial charge in [0.25, 0.3) is 0 Å². The minimum atomic E-state index is -0.427. The quantitative estimate of drug-likeness (QED) is 0.736. The number of fused-ring (bicyclic) bond motifs is 1. The lowest BCUT2D eigenvalue weighted by Crippen LogP contribution is -2.53. The highest BCUT2D eigenvalue weighted by Gasteiger charge is 2.35. The lowest BCUT2D eigenvalue weighted by atomic mass is 9.92. The maximum Gasteiger partial charge on any atom is 0.243 e. The van der Waals surface area contributed by atoms with Crippen LogP contribution in [-0.2, 0) is 27.3 Å². The van der Waals surface area contributed by atoms with Crippen molar-refractivity contribution >= 4 is 11.8 Å². The Kier molecular flexibility index (Phi) is 7.44. The number of amides is 2. The van der Waals surface area contributed by atoms with E-state index in [-0.39, 0.29) is 17.7 Å². The molecule has 1 aliphatic heterocycles. The van der Waals surface area contributed by atoms with Gasteiger partial charge in [0, 0.05) is 38.6 Å². The second-order valence-corrected chi connectivity index (χ2v) is 6.61. The SMILES string of the molecule is CCOCCCNC(=O)[C@H]1Cc2ccccc2CN1C(=O)[C@@H](C)CC. The molecule has 5 nitrogen and oxygen atoms in total. The number of hydrogen-bond acceptors (Lipinski definition) is 3. The summed E-state index contributed by atoms with van der Waals surface area (Å²) in [6, 6.07) is 7.64. The van der Waals surface area contributed by atoms with Gasteiger partial charge in [-0.2, -0.15) is 0 Å². The highest BCUT2D eigenvalue weighted by atomic mass is 16.5. The molecule has 138 valence electrons. The molecule has 1 aromatic carbocycles. The van der Waals surface area contributed by atoms with E-state index >= 15 is 0 Å². The highest BCUT2D eigenvalue weighted by Crippen LogP contribution is 2.25. The van der Waals surface area contributed by atoms with Crippen LogP contribution in [0.2, 0.25) is 0 Å². The van der Waals surface area contributed by atoms with Gasteiger partial charge in [-0.25, -0.2) is 0 Å². The van der Waals surface area contributed by atoms with Crippen LogP contribution in [0.3, 0.4) is 0 Å². The summed E-state index contributed by atoms with van der Waals surface area (Å²) < 4.78 is 5.30. The number of benzene rings is 1. The molecule has 1 heterocycles. The molecule has 1 N–H and O–H groups in total. The third kappa shape index (κ3) is 5.05. The van der Waals surface area contributed by atoms with Crippen LogP contribution in [0, 0.1) is 5.92 Å². The Balaban J connectivity index is 2.08. The van der Waals surface area contributed by atoms with Crippen LogP contribution in [0.15, 0.2) is 24.3 Å². The van der Waals surface area contributed by atoms with Crippen molar-refractivity contribution < 1.29 is 14.3 Å². The second-order valence-electron chi connectivity index (χ2n) is 6.61. The van der Waals surface area contributed by atoms with E-state index < -0.39 is 6.04 Å². The summed E-state index contributed by atoms with van der Waals surface area (Å²) in [5, 5.41) is 2.97. The Labute approximate surface area is 150 Å². The van der Waals surface area contributed by atoms with Crippen LogP contribution in [0.5, 0.6) is 0 Å². The van der Waals surface area contributed by atoms with Crippen molar-refractivity contribution in [2.45, 2.75) is 52.6 Å². The third-order valence-corrected chi connectivity index (χ3v) is 4.84. The lowest BCUT2D eigenvalue weighted by molar-refractivity contribution is -0.144.